The summed E-state index contributed by atoms with van der Waals surface area (Å²) in [6.07, 6.45) is 6.84. The second-order valence-corrected chi connectivity index (χ2v) is 9.79. The molecule has 3 N–H and O–H groups in total. The molecule has 200 valence electrons. The molecule has 2 aromatic carbocycles. The van der Waals surface area contributed by atoms with Crippen molar-refractivity contribution in [2.24, 2.45) is 0 Å². The molecule has 0 fully saturated rings. The molecule has 0 unspecified atom stereocenters. The zero-order valence-electron chi connectivity index (χ0n) is 22.1. The Kier molecular flexibility index (Phi) is 6.45. The molecule has 0 spiro atoms. The number of hydrogen-bond acceptors (Lipinski definition) is 6. The first-order valence-electron chi connectivity index (χ1n) is 12.6. The van der Waals surface area contributed by atoms with Crippen molar-refractivity contribution in [3.05, 3.63) is 79.1 Å². The zero-order valence-corrected chi connectivity index (χ0v) is 22.1. The summed E-state index contributed by atoms with van der Waals surface area (Å²) < 4.78 is 19.5. The number of fused-ring (bicyclic) bond motifs is 2. The number of nitrogens with one attached hydrogen (secondary N) is 3. The van der Waals surface area contributed by atoms with E-state index in [1.807, 2.05) is 44.4 Å². The number of H-pyrrole nitrogens is 2. The van der Waals surface area contributed by atoms with E-state index in [-0.39, 0.29) is 18.3 Å². The third-order valence-electron chi connectivity index (χ3n) is 6.60. The predicted molar refractivity (Wildman–Crippen MR) is 154 cm³/mol. The van der Waals surface area contributed by atoms with E-state index in [1.165, 1.54) is 19.2 Å². The largest absolute Gasteiger partial charge is 0.497 e. The van der Waals surface area contributed by atoms with Crippen molar-refractivity contribution in [1.82, 2.24) is 30.0 Å². The lowest BCUT2D eigenvalue weighted by Crippen LogP contribution is -2.27. The summed E-state index contributed by atoms with van der Waals surface area (Å²) in [7, 11) is 5.19. The number of aromatic amines is 2. The number of aromatic nitrogens is 5. The maximum atomic E-state index is 14.3. The van der Waals surface area contributed by atoms with E-state index in [0.29, 0.717) is 17.0 Å². The van der Waals surface area contributed by atoms with Gasteiger partial charge in [0.2, 0.25) is 5.91 Å². The minimum Gasteiger partial charge on any atom is -0.497 e. The third kappa shape index (κ3) is 4.87. The molecule has 0 bridgehead atoms. The molecule has 1 amide bonds. The van der Waals surface area contributed by atoms with Crippen LogP contribution in [0.4, 0.5) is 10.1 Å². The Hall–Kier alpha value is -5.09. The van der Waals surface area contributed by atoms with Gasteiger partial charge < -0.3 is 19.9 Å². The fourth-order valence-electron chi connectivity index (χ4n) is 4.80. The number of carbonyl (C=O) groups is 1. The van der Waals surface area contributed by atoms with Gasteiger partial charge in [-0.25, -0.2) is 4.39 Å². The second kappa shape index (κ2) is 10.2. The predicted octanol–water partition coefficient (Wildman–Crippen LogP) is 5.48. The van der Waals surface area contributed by atoms with Gasteiger partial charge in [-0.1, -0.05) is 6.07 Å². The first-order chi connectivity index (χ1) is 19.4. The normalized spacial score (nSPS) is 11.4. The van der Waals surface area contributed by atoms with Gasteiger partial charge in [0, 0.05) is 40.4 Å². The molecule has 0 radical (unpaired) electrons. The van der Waals surface area contributed by atoms with Gasteiger partial charge >= 0.3 is 0 Å². The van der Waals surface area contributed by atoms with E-state index in [0.717, 1.165) is 49.9 Å². The second-order valence-electron chi connectivity index (χ2n) is 9.79. The summed E-state index contributed by atoms with van der Waals surface area (Å²) >= 11 is 0. The molecular weight excluding hydrogens is 509 g/mol. The van der Waals surface area contributed by atoms with Crippen molar-refractivity contribution in [3.63, 3.8) is 0 Å². The van der Waals surface area contributed by atoms with Crippen molar-refractivity contribution < 1.29 is 13.9 Å². The first-order valence-corrected chi connectivity index (χ1v) is 12.6. The van der Waals surface area contributed by atoms with Crippen LogP contribution in [0, 0.1) is 5.82 Å². The lowest BCUT2D eigenvalue weighted by Gasteiger charge is -2.11. The van der Waals surface area contributed by atoms with E-state index < -0.39 is 0 Å². The van der Waals surface area contributed by atoms with Crippen LogP contribution < -0.4 is 10.1 Å². The maximum Gasteiger partial charge on any atom is 0.238 e. The number of benzene rings is 2. The minimum atomic E-state index is -0.385. The minimum absolute atomic E-state index is 0.110. The Morgan fingerprint density at radius 3 is 2.60 bits per heavy atom. The SMILES string of the molecule is COc1cc(F)cc(-c2cncc3[nH]c(-c4n[nH]c5ccc(-c6cncc(NC(=O)CN(C)C)c6)cc45)cc23)c1. The van der Waals surface area contributed by atoms with Crippen LogP contribution in [-0.2, 0) is 4.79 Å². The lowest BCUT2D eigenvalue weighted by molar-refractivity contribution is -0.116. The highest BCUT2D eigenvalue weighted by atomic mass is 19.1. The molecule has 40 heavy (non-hydrogen) atoms. The summed E-state index contributed by atoms with van der Waals surface area (Å²) in [6.45, 7) is 0.281. The molecular formula is C30H26FN7O2. The fraction of sp³-hybridized carbons (Fsp3) is 0.133. The zero-order chi connectivity index (χ0) is 27.8. The average molecular weight is 536 g/mol. The Bertz CT molecular complexity index is 1880. The smallest absolute Gasteiger partial charge is 0.238 e. The Labute approximate surface area is 229 Å². The maximum absolute atomic E-state index is 14.3. The number of methoxy groups -OCH3 is 1. The molecule has 0 saturated carbocycles. The van der Waals surface area contributed by atoms with Gasteiger partial charge in [0.1, 0.15) is 17.3 Å². The quantitative estimate of drug-likeness (QED) is 0.250. The Balaban J connectivity index is 1.38. The van der Waals surface area contributed by atoms with E-state index in [9.17, 15) is 9.18 Å². The molecule has 0 aliphatic carbocycles. The number of likely N-dealkylation sites (N-methyl/N-ethyl adjacent to an activating group) is 1. The van der Waals surface area contributed by atoms with E-state index >= 15 is 0 Å². The molecule has 10 heteroatoms. The third-order valence-corrected chi connectivity index (χ3v) is 6.60. The van der Waals surface area contributed by atoms with Gasteiger partial charge in [-0.2, -0.15) is 5.10 Å². The van der Waals surface area contributed by atoms with Gasteiger partial charge in [-0.3, -0.25) is 19.9 Å². The molecule has 0 aliphatic heterocycles. The number of ether oxygens (including phenoxy) is 1. The summed E-state index contributed by atoms with van der Waals surface area (Å²) in [5.41, 5.74) is 7.05. The summed E-state index contributed by atoms with van der Waals surface area (Å²) in [5.74, 6) is -0.0611. The van der Waals surface area contributed by atoms with Crippen LogP contribution >= 0.6 is 0 Å². The highest BCUT2D eigenvalue weighted by Gasteiger charge is 2.16. The van der Waals surface area contributed by atoms with Gasteiger partial charge in [0.15, 0.2) is 0 Å². The highest BCUT2D eigenvalue weighted by molar-refractivity contribution is 6.01. The van der Waals surface area contributed by atoms with Gasteiger partial charge in [0.05, 0.1) is 48.5 Å². The Morgan fingerprint density at radius 1 is 0.925 bits per heavy atom. The summed E-state index contributed by atoms with van der Waals surface area (Å²) in [5, 5.41) is 12.4. The van der Waals surface area contributed by atoms with Crippen LogP contribution in [0.2, 0.25) is 0 Å². The molecule has 4 heterocycles. The molecule has 6 aromatic rings. The molecule has 6 rings (SSSR count). The first kappa shape index (κ1) is 25.2. The number of pyridine rings is 2. The number of rotatable bonds is 7. The number of carbonyl (C=O) groups excluding carboxylic acids is 1. The summed E-state index contributed by atoms with van der Waals surface area (Å²) in [6, 6.07) is 14.5. The molecule has 4 aromatic heterocycles. The summed E-state index contributed by atoms with van der Waals surface area (Å²) in [4.78, 5) is 26.1. The molecule has 0 aliphatic rings. The average Bonchev–Trinajstić information content (AvgIpc) is 3.56. The van der Waals surface area contributed by atoms with E-state index in [4.69, 9.17) is 4.74 Å². The lowest BCUT2D eigenvalue weighted by atomic mass is 10.0. The highest BCUT2D eigenvalue weighted by Crippen LogP contribution is 2.36. The number of amides is 1. The van der Waals surface area contributed by atoms with Crippen molar-refractivity contribution in [2.75, 3.05) is 33.1 Å². The monoisotopic (exact) mass is 535 g/mol. The Morgan fingerprint density at radius 2 is 1.77 bits per heavy atom. The van der Waals surface area contributed by atoms with Gasteiger partial charge in [-0.05, 0) is 61.6 Å². The molecule has 9 nitrogen and oxygen atoms in total. The van der Waals surface area contributed by atoms with Gasteiger partial charge in [0.25, 0.3) is 0 Å². The number of nitrogens with zero attached hydrogens (tertiary/aromatic N) is 4. The van der Waals surface area contributed by atoms with Crippen LogP contribution in [0.5, 0.6) is 5.75 Å². The van der Waals surface area contributed by atoms with Crippen LogP contribution in [0.15, 0.2) is 73.3 Å². The van der Waals surface area contributed by atoms with Crippen molar-refractivity contribution in [2.45, 2.75) is 0 Å². The van der Waals surface area contributed by atoms with Gasteiger partial charge in [-0.15, -0.1) is 0 Å². The topological polar surface area (TPSA) is 112 Å². The molecule has 0 atom stereocenters. The van der Waals surface area contributed by atoms with Crippen LogP contribution in [-0.4, -0.2) is 63.7 Å². The number of halogens is 1. The molecule has 0 saturated heterocycles. The fourth-order valence-corrected chi connectivity index (χ4v) is 4.80. The standard InChI is InChI=1S/C30H26FN7O2/c1-38(2)16-29(39)34-21-7-19(12-32-13-21)17-4-5-26-24(9-17)30(37-36-26)27-11-23-25(14-33-15-28(23)35-27)18-6-20(31)10-22(8-18)40-3/h4-15,35H,16H2,1-3H3,(H,34,39)(H,36,37). The van der Waals surface area contributed by atoms with E-state index in [2.05, 4.69) is 30.5 Å². The van der Waals surface area contributed by atoms with Crippen molar-refractivity contribution >= 4 is 33.4 Å². The van der Waals surface area contributed by atoms with Crippen molar-refractivity contribution in [3.8, 4) is 39.4 Å². The van der Waals surface area contributed by atoms with E-state index in [1.54, 1.807) is 35.8 Å². The van der Waals surface area contributed by atoms with Crippen LogP contribution in [0.3, 0.4) is 0 Å². The van der Waals surface area contributed by atoms with Crippen LogP contribution in [0.25, 0.3) is 55.4 Å². The number of hydrogen-bond donors (Lipinski definition) is 3. The number of anilines is 1. The van der Waals surface area contributed by atoms with Crippen molar-refractivity contribution in [1.29, 1.82) is 0 Å². The van der Waals surface area contributed by atoms with Crippen LogP contribution in [0.1, 0.15) is 0 Å².